The van der Waals surface area contributed by atoms with E-state index in [0.717, 1.165) is 12.2 Å². The number of hydrogen-bond donors (Lipinski definition) is 1. The van der Waals surface area contributed by atoms with Crippen LogP contribution >= 0.6 is 0 Å². The molecule has 1 aromatic rings. The van der Waals surface area contributed by atoms with Gasteiger partial charge in [-0.15, -0.1) is 0 Å². The highest BCUT2D eigenvalue weighted by molar-refractivity contribution is 5.30. The summed E-state index contributed by atoms with van der Waals surface area (Å²) in [6.45, 7) is 5.51. The standard InChI is InChI=1S/C12H19NO2/c1-10(2)11-5-3-6-12(9-11)14-7-4-8-15-13/h3,5-6,9-10H,4,7-8,13H2,1-2H3. The summed E-state index contributed by atoms with van der Waals surface area (Å²) >= 11 is 0. The van der Waals surface area contributed by atoms with Crippen LogP contribution in [0.2, 0.25) is 0 Å². The molecule has 0 saturated heterocycles. The van der Waals surface area contributed by atoms with E-state index >= 15 is 0 Å². The minimum atomic E-state index is 0.529. The van der Waals surface area contributed by atoms with E-state index in [1.165, 1.54) is 5.56 Å². The monoisotopic (exact) mass is 209 g/mol. The van der Waals surface area contributed by atoms with E-state index < -0.39 is 0 Å². The normalized spacial score (nSPS) is 10.7. The molecule has 3 heteroatoms. The Morgan fingerprint density at radius 1 is 1.27 bits per heavy atom. The Balaban J connectivity index is 2.43. The second kappa shape index (κ2) is 6.43. The summed E-state index contributed by atoms with van der Waals surface area (Å²) in [7, 11) is 0. The fourth-order valence-electron chi connectivity index (χ4n) is 1.30. The topological polar surface area (TPSA) is 44.5 Å². The highest BCUT2D eigenvalue weighted by atomic mass is 16.6. The summed E-state index contributed by atoms with van der Waals surface area (Å²) in [6.07, 6.45) is 0.808. The Kier molecular flexibility index (Phi) is 5.15. The predicted molar refractivity (Wildman–Crippen MR) is 60.8 cm³/mol. The van der Waals surface area contributed by atoms with Crippen LogP contribution in [-0.4, -0.2) is 13.2 Å². The van der Waals surface area contributed by atoms with Crippen LogP contribution in [-0.2, 0) is 4.84 Å². The number of benzene rings is 1. The Bertz CT molecular complexity index is 287. The van der Waals surface area contributed by atoms with Gasteiger partial charge in [0.25, 0.3) is 0 Å². The summed E-state index contributed by atoms with van der Waals surface area (Å²) < 4.78 is 5.56. The molecule has 84 valence electrons. The molecular weight excluding hydrogens is 190 g/mol. The second-order valence-electron chi connectivity index (χ2n) is 3.80. The van der Waals surface area contributed by atoms with Gasteiger partial charge in [0.1, 0.15) is 5.75 Å². The fraction of sp³-hybridized carbons (Fsp3) is 0.500. The van der Waals surface area contributed by atoms with Crippen molar-refractivity contribution in [1.82, 2.24) is 0 Å². The SMILES string of the molecule is CC(C)c1cccc(OCCCON)c1. The molecule has 0 fully saturated rings. The van der Waals surface area contributed by atoms with Crippen LogP contribution < -0.4 is 10.6 Å². The zero-order valence-corrected chi connectivity index (χ0v) is 9.40. The molecule has 0 spiro atoms. The van der Waals surface area contributed by atoms with Crippen LogP contribution in [0.1, 0.15) is 31.7 Å². The molecule has 15 heavy (non-hydrogen) atoms. The third-order valence-electron chi connectivity index (χ3n) is 2.20. The first kappa shape index (κ1) is 12.0. The lowest BCUT2D eigenvalue weighted by Gasteiger charge is -2.09. The van der Waals surface area contributed by atoms with Crippen LogP contribution in [0.5, 0.6) is 5.75 Å². The molecule has 1 aromatic carbocycles. The average Bonchev–Trinajstić information content (AvgIpc) is 2.25. The molecule has 0 aromatic heterocycles. The highest BCUT2D eigenvalue weighted by Gasteiger charge is 2.00. The van der Waals surface area contributed by atoms with E-state index in [9.17, 15) is 0 Å². The van der Waals surface area contributed by atoms with E-state index in [4.69, 9.17) is 10.6 Å². The first-order valence-electron chi connectivity index (χ1n) is 5.28. The Hall–Kier alpha value is -1.06. The molecule has 0 aliphatic rings. The summed E-state index contributed by atoms with van der Waals surface area (Å²) in [6, 6.07) is 8.17. The maximum atomic E-state index is 5.56. The first-order chi connectivity index (χ1) is 7.24. The van der Waals surface area contributed by atoms with Gasteiger partial charge in [0.2, 0.25) is 0 Å². The van der Waals surface area contributed by atoms with Gasteiger partial charge in [-0.2, -0.15) is 0 Å². The zero-order valence-electron chi connectivity index (χ0n) is 9.40. The minimum Gasteiger partial charge on any atom is -0.493 e. The van der Waals surface area contributed by atoms with Crippen molar-refractivity contribution in [3.63, 3.8) is 0 Å². The van der Waals surface area contributed by atoms with Crippen molar-refractivity contribution in [2.75, 3.05) is 13.2 Å². The quantitative estimate of drug-likeness (QED) is 0.578. The third-order valence-corrected chi connectivity index (χ3v) is 2.20. The molecule has 0 amide bonds. The molecule has 0 heterocycles. The van der Waals surface area contributed by atoms with Gasteiger partial charge in [-0.05, 0) is 23.6 Å². The zero-order chi connectivity index (χ0) is 11.1. The fourth-order valence-corrected chi connectivity index (χ4v) is 1.30. The molecule has 0 atom stereocenters. The summed E-state index contributed by atoms with van der Waals surface area (Å²) in [5.74, 6) is 6.36. The Morgan fingerprint density at radius 2 is 2.07 bits per heavy atom. The average molecular weight is 209 g/mol. The van der Waals surface area contributed by atoms with Crippen LogP contribution in [0, 0.1) is 0 Å². The molecule has 0 saturated carbocycles. The number of ether oxygens (including phenoxy) is 1. The van der Waals surface area contributed by atoms with Gasteiger partial charge in [0, 0.05) is 6.42 Å². The maximum absolute atomic E-state index is 5.56. The number of hydrogen-bond acceptors (Lipinski definition) is 3. The van der Waals surface area contributed by atoms with Crippen molar-refractivity contribution < 1.29 is 9.57 Å². The molecule has 2 N–H and O–H groups in total. The number of nitrogens with two attached hydrogens (primary N) is 1. The molecular formula is C12H19NO2. The van der Waals surface area contributed by atoms with Crippen molar-refractivity contribution in [2.45, 2.75) is 26.2 Å². The van der Waals surface area contributed by atoms with Crippen LogP contribution in [0.3, 0.4) is 0 Å². The molecule has 0 aliphatic heterocycles. The van der Waals surface area contributed by atoms with Gasteiger partial charge in [-0.3, -0.25) is 0 Å². The molecule has 1 rings (SSSR count). The van der Waals surface area contributed by atoms with Gasteiger partial charge in [-0.25, -0.2) is 5.90 Å². The Labute approximate surface area is 91.1 Å². The van der Waals surface area contributed by atoms with Crippen LogP contribution in [0.4, 0.5) is 0 Å². The van der Waals surface area contributed by atoms with E-state index in [-0.39, 0.29) is 0 Å². The smallest absolute Gasteiger partial charge is 0.119 e. The first-order valence-corrected chi connectivity index (χ1v) is 5.28. The van der Waals surface area contributed by atoms with Gasteiger partial charge in [0.15, 0.2) is 0 Å². The summed E-state index contributed by atoms with van der Waals surface area (Å²) in [5, 5.41) is 0. The Morgan fingerprint density at radius 3 is 2.73 bits per heavy atom. The highest BCUT2D eigenvalue weighted by Crippen LogP contribution is 2.20. The van der Waals surface area contributed by atoms with Crippen molar-refractivity contribution in [3.8, 4) is 5.75 Å². The maximum Gasteiger partial charge on any atom is 0.119 e. The van der Waals surface area contributed by atoms with Crippen molar-refractivity contribution >= 4 is 0 Å². The van der Waals surface area contributed by atoms with Gasteiger partial charge >= 0.3 is 0 Å². The van der Waals surface area contributed by atoms with E-state index in [2.05, 4.69) is 30.8 Å². The van der Waals surface area contributed by atoms with Gasteiger partial charge in [-0.1, -0.05) is 26.0 Å². The van der Waals surface area contributed by atoms with Gasteiger partial charge < -0.3 is 9.57 Å². The lowest BCUT2D eigenvalue weighted by Crippen LogP contribution is -2.06. The predicted octanol–water partition coefficient (Wildman–Crippen LogP) is 2.47. The second-order valence-corrected chi connectivity index (χ2v) is 3.80. The largest absolute Gasteiger partial charge is 0.493 e. The van der Waals surface area contributed by atoms with Crippen LogP contribution in [0.25, 0.3) is 0 Å². The van der Waals surface area contributed by atoms with E-state index in [0.29, 0.717) is 19.1 Å². The molecule has 0 aliphatic carbocycles. The summed E-state index contributed by atoms with van der Waals surface area (Å²) in [4.78, 5) is 4.46. The number of rotatable bonds is 6. The van der Waals surface area contributed by atoms with Crippen molar-refractivity contribution in [3.05, 3.63) is 29.8 Å². The third kappa shape index (κ3) is 4.32. The molecule has 0 unspecified atom stereocenters. The van der Waals surface area contributed by atoms with Crippen LogP contribution in [0.15, 0.2) is 24.3 Å². The lowest BCUT2D eigenvalue weighted by atomic mass is 10.0. The minimum absolute atomic E-state index is 0.529. The molecule has 3 nitrogen and oxygen atoms in total. The van der Waals surface area contributed by atoms with Crippen molar-refractivity contribution in [1.29, 1.82) is 0 Å². The van der Waals surface area contributed by atoms with E-state index in [1.807, 2.05) is 12.1 Å². The van der Waals surface area contributed by atoms with Gasteiger partial charge in [0.05, 0.1) is 13.2 Å². The molecule has 0 bridgehead atoms. The van der Waals surface area contributed by atoms with Crippen molar-refractivity contribution in [2.24, 2.45) is 5.90 Å². The molecule has 0 radical (unpaired) electrons. The van der Waals surface area contributed by atoms with E-state index in [1.54, 1.807) is 0 Å². The summed E-state index contributed by atoms with van der Waals surface area (Å²) in [5.41, 5.74) is 1.29. The lowest BCUT2D eigenvalue weighted by molar-refractivity contribution is 0.122.